The average Bonchev–Trinajstić information content (AvgIpc) is 2.38. The Morgan fingerprint density at radius 2 is 1.78 bits per heavy atom. The lowest BCUT2D eigenvalue weighted by atomic mass is 10.00. The first-order valence-electron chi connectivity index (χ1n) is 6.95. The van der Waals surface area contributed by atoms with Crippen LogP contribution in [0.25, 0.3) is 0 Å². The highest BCUT2D eigenvalue weighted by Gasteiger charge is 1.99. The van der Waals surface area contributed by atoms with Crippen LogP contribution in [0.5, 0.6) is 0 Å². The molecule has 0 aliphatic rings. The van der Waals surface area contributed by atoms with Crippen LogP contribution in [0.3, 0.4) is 0 Å². The maximum atomic E-state index is 10.2. The zero-order valence-electron chi connectivity index (χ0n) is 11.4. The highest BCUT2D eigenvalue weighted by molar-refractivity contribution is 7.78. The van der Waals surface area contributed by atoms with Gasteiger partial charge in [-0.25, -0.2) is 9.20 Å². The van der Waals surface area contributed by atoms with Gasteiger partial charge in [0.1, 0.15) is 0 Å². The van der Waals surface area contributed by atoms with Gasteiger partial charge in [-0.2, -0.15) is 0 Å². The smallest absolute Gasteiger partial charge is 0.0841 e. The average molecular weight is 287 g/mol. The summed E-state index contributed by atoms with van der Waals surface area (Å²) >= 11 is 5.11. The molecule has 0 spiro atoms. The molecule has 0 amide bonds. The summed E-state index contributed by atoms with van der Waals surface area (Å²) in [6.07, 6.45) is 11.2. The van der Waals surface area contributed by atoms with Crippen LogP contribution in [-0.2, 0) is 11.3 Å². The molecule has 0 bridgehead atoms. The molecule has 0 N–H and O–H groups in total. The number of nitrogens with zero attached hydrogens (tertiary/aromatic N) is 1. The van der Waals surface area contributed by atoms with Gasteiger partial charge in [0.15, 0.2) is 0 Å². The second-order valence-corrected chi connectivity index (χ2v) is 5.55. The highest BCUT2D eigenvalue weighted by atomic mass is 32.1. The highest BCUT2D eigenvalue weighted by Crippen LogP contribution is 2.14. The Morgan fingerprint density at radius 3 is 2.39 bits per heavy atom. The topological polar surface area (TPSA) is 29.4 Å². The van der Waals surface area contributed by atoms with Crippen molar-refractivity contribution in [2.75, 3.05) is 6.54 Å². The molecule has 0 radical (unpaired) electrons. The molecule has 0 aliphatic heterocycles. The molecule has 1 unspecified atom stereocenters. The quantitative estimate of drug-likeness (QED) is 0.305. The van der Waals surface area contributed by atoms with Crippen LogP contribution in [0.2, 0.25) is 0 Å². The Hall–Kier alpha value is -0.310. The number of isothiocyanates is 1. The predicted molar refractivity (Wildman–Crippen MR) is 84.8 cm³/mol. The van der Waals surface area contributed by atoms with E-state index in [9.17, 15) is 4.21 Å². The second-order valence-electron chi connectivity index (χ2n) is 4.84. The number of hydrogen-bond acceptors (Lipinski definition) is 3. The molecule has 104 valence electrons. The van der Waals surface area contributed by atoms with Crippen LogP contribution in [0, 0.1) is 5.92 Å². The van der Waals surface area contributed by atoms with E-state index in [2.05, 4.69) is 29.3 Å². The van der Waals surface area contributed by atoms with Gasteiger partial charge in [-0.15, -0.1) is 0 Å². The lowest BCUT2D eigenvalue weighted by molar-refractivity contribution is 0.495. The fraction of sp³-hybridized carbons (Fsp3) is 0.857. The predicted octanol–water partition coefficient (Wildman–Crippen LogP) is 4.25. The van der Waals surface area contributed by atoms with Gasteiger partial charge >= 0.3 is 0 Å². The van der Waals surface area contributed by atoms with E-state index in [0.29, 0.717) is 17.2 Å². The number of rotatable bonds is 12. The zero-order valence-corrected chi connectivity index (χ0v) is 13.0. The monoisotopic (exact) mass is 287 g/mol. The summed E-state index contributed by atoms with van der Waals surface area (Å²) in [6, 6.07) is 0. The molecule has 0 saturated heterocycles. The fourth-order valence-corrected chi connectivity index (χ4v) is 2.43. The minimum Gasteiger partial charge on any atom is -0.233 e. The van der Waals surface area contributed by atoms with Gasteiger partial charge < -0.3 is 0 Å². The Labute approximate surface area is 120 Å². The van der Waals surface area contributed by atoms with Crippen molar-refractivity contribution in [1.82, 2.24) is 0 Å². The van der Waals surface area contributed by atoms with Crippen molar-refractivity contribution in [3.05, 3.63) is 0 Å². The first-order valence-corrected chi connectivity index (χ1v) is 8.16. The summed E-state index contributed by atoms with van der Waals surface area (Å²) in [4.78, 5) is 3.90. The normalized spacial score (nSPS) is 11.6. The van der Waals surface area contributed by atoms with E-state index in [1.807, 2.05) is 0 Å². The van der Waals surface area contributed by atoms with Gasteiger partial charge in [0, 0.05) is 11.9 Å². The van der Waals surface area contributed by atoms with E-state index in [-0.39, 0.29) is 0 Å². The van der Waals surface area contributed by atoms with Gasteiger partial charge in [-0.1, -0.05) is 51.9 Å². The Morgan fingerprint density at radius 1 is 1.17 bits per heavy atom. The molecule has 0 heterocycles. The molecule has 0 aliphatic carbocycles. The number of aliphatic imine (C=N–C) groups is 1. The maximum absolute atomic E-state index is 10.2. The summed E-state index contributed by atoms with van der Waals surface area (Å²) in [5.41, 5.74) is 0. The van der Waals surface area contributed by atoms with E-state index in [1.54, 1.807) is 5.37 Å². The van der Waals surface area contributed by atoms with Crippen molar-refractivity contribution >= 4 is 34.0 Å². The van der Waals surface area contributed by atoms with Gasteiger partial charge in [-0.05, 0) is 31.0 Å². The van der Waals surface area contributed by atoms with E-state index in [4.69, 9.17) is 0 Å². The summed E-state index contributed by atoms with van der Waals surface area (Å²) in [6.45, 7) is 3.07. The van der Waals surface area contributed by atoms with Crippen molar-refractivity contribution in [1.29, 1.82) is 0 Å². The Balaban J connectivity index is 3.15. The van der Waals surface area contributed by atoms with Crippen molar-refractivity contribution in [3.8, 4) is 0 Å². The minimum absolute atomic E-state index is 0.595. The maximum Gasteiger partial charge on any atom is 0.0841 e. The Kier molecular flexibility index (Phi) is 14.5. The summed E-state index contributed by atoms with van der Waals surface area (Å²) in [5.74, 6) is 0.666. The molecule has 2 nitrogen and oxygen atoms in total. The van der Waals surface area contributed by atoms with Crippen LogP contribution in [0.1, 0.15) is 64.7 Å². The molecule has 4 heteroatoms. The van der Waals surface area contributed by atoms with Crippen molar-refractivity contribution in [3.63, 3.8) is 0 Å². The number of unbranched alkanes of at least 4 members (excludes halogenated alkanes) is 6. The van der Waals surface area contributed by atoms with Crippen LogP contribution >= 0.6 is 12.2 Å². The molecule has 0 aromatic carbocycles. The van der Waals surface area contributed by atoms with Crippen LogP contribution in [-0.4, -0.2) is 21.3 Å². The summed E-state index contributed by atoms with van der Waals surface area (Å²) in [5, 5.41) is 4.17. The van der Waals surface area contributed by atoms with E-state index >= 15 is 0 Å². The first kappa shape index (κ1) is 17.7. The molecule has 1 atom stereocenters. The van der Waals surface area contributed by atoms with E-state index < -0.39 is 0 Å². The summed E-state index contributed by atoms with van der Waals surface area (Å²) in [7, 11) is 0. The largest absolute Gasteiger partial charge is 0.233 e. The number of thiocarbonyl (C=S) groups is 1. The SMILES string of the molecule is CC(CC=S=O)CCCCCCCCCN=C=S. The van der Waals surface area contributed by atoms with Crippen molar-refractivity contribution in [2.24, 2.45) is 10.9 Å². The summed E-state index contributed by atoms with van der Waals surface area (Å²) < 4.78 is 10.2. The second kappa shape index (κ2) is 14.7. The van der Waals surface area contributed by atoms with Crippen molar-refractivity contribution < 1.29 is 4.21 Å². The molecule has 0 rings (SSSR count). The van der Waals surface area contributed by atoms with Gasteiger partial charge in [-0.3, -0.25) is 0 Å². The van der Waals surface area contributed by atoms with Crippen LogP contribution < -0.4 is 0 Å². The third-order valence-electron chi connectivity index (χ3n) is 3.10. The molecular weight excluding hydrogens is 262 g/mol. The zero-order chi connectivity index (χ0) is 13.5. The third kappa shape index (κ3) is 13.8. The van der Waals surface area contributed by atoms with E-state index in [1.165, 1.54) is 44.9 Å². The molecule has 0 aromatic heterocycles. The van der Waals surface area contributed by atoms with Gasteiger partial charge in [0.25, 0.3) is 0 Å². The number of hydrogen-bond donors (Lipinski definition) is 0. The Bertz CT molecular complexity index is 282. The molecule has 0 saturated carbocycles. The van der Waals surface area contributed by atoms with E-state index in [0.717, 1.165) is 19.4 Å². The molecule has 0 fully saturated rings. The van der Waals surface area contributed by atoms with Crippen LogP contribution in [0.15, 0.2) is 4.99 Å². The van der Waals surface area contributed by atoms with Crippen molar-refractivity contribution in [2.45, 2.75) is 64.7 Å². The lowest BCUT2D eigenvalue weighted by Gasteiger charge is -2.07. The first-order chi connectivity index (χ1) is 8.81. The third-order valence-corrected chi connectivity index (χ3v) is 3.56. The molecule has 18 heavy (non-hydrogen) atoms. The fourth-order valence-electron chi connectivity index (χ4n) is 1.93. The molecule has 0 aromatic rings. The minimum atomic E-state index is 0.595. The lowest BCUT2D eigenvalue weighted by Crippen LogP contribution is -1.95. The molecular formula is C14H25NOS2. The van der Waals surface area contributed by atoms with Crippen LogP contribution in [0.4, 0.5) is 0 Å². The van der Waals surface area contributed by atoms with Gasteiger partial charge in [0.2, 0.25) is 0 Å². The van der Waals surface area contributed by atoms with Gasteiger partial charge in [0.05, 0.1) is 16.4 Å². The standard InChI is InChI=1S/C14H25NOS2/c1-14(10-12-18-16)9-7-5-3-2-4-6-8-11-15-13-17/h12,14H,2-11H2,1H3.